The number of aromatic nitrogens is 1. The van der Waals surface area contributed by atoms with Crippen LogP contribution in [0.3, 0.4) is 0 Å². The number of aliphatic hydroxyl groups is 1. The highest BCUT2D eigenvalue weighted by molar-refractivity contribution is 6.31. The molecule has 2 heterocycles. The quantitative estimate of drug-likeness (QED) is 0.823. The smallest absolute Gasteiger partial charge is 0.129 e. The van der Waals surface area contributed by atoms with Gasteiger partial charge in [0.2, 0.25) is 0 Å². The summed E-state index contributed by atoms with van der Waals surface area (Å²) in [4.78, 5) is 6.36. The lowest BCUT2D eigenvalue weighted by atomic mass is 10.2. The lowest BCUT2D eigenvalue weighted by Crippen LogP contribution is -2.36. The van der Waals surface area contributed by atoms with Crippen LogP contribution in [0.2, 0.25) is 5.02 Å². The van der Waals surface area contributed by atoms with Crippen LogP contribution >= 0.6 is 11.6 Å². The third-order valence-corrected chi connectivity index (χ3v) is 2.77. The van der Waals surface area contributed by atoms with E-state index in [2.05, 4.69) is 9.88 Å². The van der Waals surface area contributed by atoms with Crippen molar-refractivity contribution >= 4 is 17.4 Å². The Kier molecular flexibility index (Phi) is 3.41. The van der Waals surface area contributed by atoms with E-state index in [1.54, 1.807) is 6.20 Å². The predicted octanol–water partition coefficient (Wildman–Crippen LogP) is 1.06. The maximum Gasteiger partial charge on any atom is 0.129 e. The highest BCUT2D eigenvalue weighted by atomic mass is 35.5. The second-order valence-electron chi connectivity index (χ2n) is 3.39. The van der Waals surface area contributed by atoms with E-state index in [0.29, 0.717) is 10.6 Å². The lowest BCUT2D eigenvalue weighted by Gasteiger charge is -2.28. The zero-order chi connectivity index (χ0) is 10.7. The number of morpholine rings is 1. The van der Waals surface area contributed by atoms with Crippen molar-refractivity contribution < 1.29 is 9.84 Å². The molecule has 0 bridgehead atoms. The molecular formula is C10H13ClN2O2. The summed E-state index contributed by atoms with van der Waals surface area (Å²) in [5.41, 5.74) is 0.716. The van der Waals surface area contributed by atoms with Crippen LogP contribution in [0.1, 0.15) is 5.56 Å². The lowest BCUT2D eigenvalue weighted by molar-refractivity contribution is 0.122. The van der Waals surface area contributed by atoms with E-state index in [9.17, 15) is 0 Å². The molecule has 4 nitrogen and oxygen atoms in total. The van der Waals surface area contributed by atoms with Crippen LogP contribution in [0.15, 0.2) is 12.3 Å². The molecule has 0 spiro atoms. The third-order valence-electron chi connectivity index (χ3n) is 2.43. The molecule has 5 heteroatoms. The molecule has 0 radical (unpaired) electrons. The van der Waals surface area contributed by atoms with Crippen LogP contribution in [-0.2, 0) is 11.3 Å². The molecule has 0 aliphatic carbocycles. The fraction of sp³-hybridized carbons (Fsp3) is 0.500. The van der Waals surface area contributed by atoms with Crippen molar-refractivity contribution in [2.24, 2.45) is 0 Å². The number of nitrogens with zero attached hydrogens (tertiary/aromatic N) is 2. The molecule has 15 heavy (non-hydrogen) atoms. The Bertz CT molecular complexity index is 340. The molecular weight excluding hydrogens is 216 g/mol. The van der Waals surface area contributed by atoms with Gasteiger partial charge in [0, 0.05) is 24.8 Å². The molecule has 1 aromatic rings. The molecule has 0 atom stereocenters. The van der Waals surface area contributed by atoms with Crippen molar-refractivity contribution in [3.63, 3.8) is 0 Å². The molecule has 82 valence electrons. The SMILES string of the molecule is OCc1cc(N2CCOCC2)ncc1Cl. The predicted molar refractivity (Wildman–Crippen MR) is 58.2 cm³/mol. The molecule has 0 aromatic carbocycles. The summed E-state index contributed by atoms with van der Waals surface area (Å²) < 4.78 is 5.26. The first-order chi connectivity index (χ1) is 7.31. The Hall–Kier alpha value is -0.840. The molecule has 1 N–H and O–H groups in total. The molecule has 1 aromatic heterocycles. The molecule has 1 aliphatic heterocycles. The maximum absolute atomic E-state index is 9.09. The second kappa shape index (κ2) is 4.79. The van der Waals surface area contributed by atoms with Crippen molar-refractivity contribution in [2.45, 2.75) is 6.61 Å². The zero-order valence-corrected chi connectivity index (χ0v) is 9.07. The topological polar surface area (TPSA) is 45.6 Å². The number of pyridine rings is 1. The van der Waals surface area contributed by atoms with Crippen molar-refractivity contribution in [1.82, 2.24) is 4.98 Å². The van der Waals surface area contributed by atoms with Crippen LogP contribution in [0.4, 0.5) is 5.82 Å². The van der Waals surface area contributed by atoms with Crippen LogP contribution in [0, 0.1) is 0 Å². The largest absolute Gasteiger partial charge is 0.392 e. The van der Waals surface area contributed by atoms with E-state index in [4.69, 9.17) is 21.4 Å². The first-order valence-corrected chi connectivity index (χ1v) is 5.27. The summed E-state index contributed by atoms with van der Waals surface area (Å²) in [7, 11) is 0. The van der Waals surface area contributed by atoms with E-state index in [1.807, 2.05) is 6.07 Å². The average molecular weight is 229 g/mol. The second-order valence-corrected chi connectivity index (χ2v) is 3.80. The van der Waals surface area contributed by atoms with Gasteiger partial charge in [-0.05, 0) is 6.07 Å². The Labute approximate surface area is 93.4 Å². The molecule has 1 aliphatic rings. The standard InChI is InChI=1S/C10H13ClN2O2/c11-9-6-12-10(5-8(9)7-14)13-1-3-15-4-2-13/h5-6,14H,1-4,7H2. The summed E-state index contributed by atoms with van der Waals surface area (Å²) in [6.45, 7) is 3.05. The van der Waals surface area contributed by atoms with Gasteiger partial charge < -0.3 is 14.7 Å². The molecule has 0 saturated carbocycles. The summed E-state index contributed by atoms with van der Waals surface area (Å²) in [6, 6.07) is 1.83. The fourth-order valence-electron chi connectivity index (χ4n) is 1.55. The van der Waals surface area contributed by atoms with Gasteiger partial charge in [-0.3, -0.25) is 0 Å². The Morgan fingerprint density at radius 2 is 2.20 bits per heavy atom. The van der Waals surface area contributed by atoms with Gasteiger partial charge in [0.25, 0.3) is 0 Å². The van der Waals surface area contributed by atoms with Gasteiger partial charge >= 0.3 is 0 Å². The number of aliphatic hydroxyl groups excluding tert-OH is 1. The first-order valence-electron chi connectivity index (χ1n) is 4.89. The van der Waals surface area contributed by atoms with Gasteiger partial charge in [-0.25, -0.2) is 4.98 Å². The van der Waals surface area contributed by atoms with Crippen molar-refractivity contribution in [3.8, 4) is 0 Å². The van der Waals surface area contributed by atoms with Crippen LogP contribution in [0.5, 0.6) is 0 Å². The first kappa shape index (κ1) is 10.7. The van der Waals surface area contributed by atoms with Gasteiger partial charge in [0.15, 0.2) is 0 Å². The van der Waals surface area contributed by atoms with Crippen LogP contribution < -0.4 is 4.90 Å². The Balaban J connectivity index is 2.20. The normalized spacial score (nSPS) is 16.8. The van der Waals surface area contributed by atoms with Gasteiger partial charge in [-0.2, -0.15) is 0 Å². The van der Waals surface area contributed by atoms with Crippen molar-refractivity contribution in [1.29, 1.82) is 0 Å². The number of hydrogen-bond acceptors (Lipinski definition) is 4. The summed E-state index contributed by atoms with van der Waals surface area (Å²) in [5.74, 6) is 0.853. The van der Waals surface area contributed by atoms with Crippen molar-refractivity contribution in [3.05, 3.63) is 22.8 Å². The highest BCUT2D eigenvalue weighted by Crippen LogP contribution is 2.20. The number of anilines is 1. The van der Waals surface area contributed by atoms with E-state index < -0.39 is 0 Å². The van der Waals surface area contributed by atoms with Gasteiger partial charge in [0.1, 0.15) is 5.82 Å². The highest BCUT2D eigenvalue weighted by Gasteiger charge is 2.13. The fourth-order valence-corrected chi connectivity index (χ4v) is 1.72. The minimum Gasteiger partial charge on any atom is -0.392 e. The molecule has 0 amide bonds. The molecule has 2 rings (SSSR count). The summed E-state index contributed by atoms with van der Waals surface area (Å²) in [6.07, 6.45) is 1.58. The van der Waals surface area contributed by atoms with E-state index in [1.165, 1.54) is 0 Å². The van der Waals surface area contributed by atoms with Gasteiger partial charge in [-0.15, -0.1) is 0 Å². The zero-order valence-electron chi connectivity index (χ0n) is 8.32. The monoisotopic (exact) mass is 228 g/mol. The number of rotatable bonds is 2. The maximum atomic E-state index is 9.09. The van der Waals surface area contributed by atoms with E-state index >= 15 is 0 Å². The van der Waals surface area contributed by atoms with Gasteiger partial charge in [-0.1, -0.05) is 11.6 Å². The summed E-state index contributed by atoms with van der Waals surface area (Å²) in [5, 5.41) is 9.59. The Morgan fingerprint density at radius 1 is 1.47 bits per heavy atom. The van der Waals surface area contributed by atoms with E-state index in [0.717, 1.165) is 32.1 Å². The van der Waals surface area contributed by atoms with Crippen LogP contribution in [0.25, 0.3) is 0 Å². The number of ether oxygens (including phenoxy) is 1. The molecule has 0 unspecified atom stereocenters. The Morgan fingerprint density at radius 3 is 2.87 bits per heavy atom. The summed E-state index contributed by atoms with van der Waals surface area (Å²) >= 11 is 5.87. The number of hydrogen-bond donors (Lipinski definition) is 1. The molecule has 1 saturated heterocycles. The average Bonchev–Trinajstić information content (AvgIpc) is 2.31. The van der Waals surface area contributed by atoms with Gasteiger partial charge in [0.05, 0.1) is 24.8 Å². The molecule has 1 fully saturated rings. The van der Waals surface area contributed by atoms with Crippen molar-refractivity contribution in [2.75, 3.05) is 31.2 Å². The number of halogens is 1. The third kappa shape index (κ3) is 2.40. The van der Waals surface area contributed by atoms with Crippen LogP contribution in [-0.4, -0.2) is 36.4 Å². The minimum atomic E-state index is -0.0569. The minimum absolute atomic E-state index is 0.0569. The van der Waals surface area contributed by atoms with E-state index in [-0.39, 0.29) is 6.61 Å².